The minimum Gasteiger partial charge on any atom is -0.371 e. The third kappa shape index (κ3) is 4.99. The average Bonchev–Trinajstić information content (AvgIpc) is 2.42. The number of rotatable bonds is 8. The van der Waals surface area contributed by atoms with E-state index in [0.29, 0.717) is 0 Å². The molecule has 20 heavy (non-hydrogen) atoms. The lowest BCUT2D eigenvalue weighted by Crippen LogP contribution is -2.30. The Labute approximate surface area is 129 Å². The van der Waals surface area contributed by atoms with E-state index >= 15 is 0 Å². The molecular formula is C17H29ClN2. The van der Waals surface area contributed by atoms with Crippen LogP contribution in [0.5, 0.6) is 0 Å². The fraction of sp³-hybridized carbons (Fsp3) is 0.647. The van der Waals surface area contributed by atoms with Gasteiger partial charge in [0.1, 0.15) is 0 Å². The lowest BCUT2D eigenvalue weighted by molar-refractivity contribution is 0.485. The molecule has 0 fully saturated rings. The molecule has 2 N–H and O–H groups in total. The van der Waals surface area contributed by atoms with E-state index in [1.165, 1.54) is 24.1 Å². The average molecular weight is 297 g/mol. The van der Waals surface area contributed by atoms with E-state index in [1.807, 2.05) is 6.07 Å². The van der Waals surface area contributed by atoms with Crippen molar-refractivity contribution in [3.8, 4) is 0 Å². The highest BCUT2D eigenvalue weighted by molar-refractivity contribution is 6.30. The predicted octanol–water partition coefficient (Wildman–Crippen LogP) is 4.49. The van der Waals surface area contributed by atoms with Gasteiger partial charge in [0.15, 0.2) is 0 Å². The predicted molar refractivity (Wildman–Crippen MR) is 90.8 cm³/mol. The highest BCUT2D eigenvalue weighted by atomic mass is 35.5. The summed E-state index contributed by atoms with van der Waals surface area (Å²) in [5.41, 5.74) is 8.53. The molecule has 0 bridgehead atoms. The van der Waals surface area contributed by atoms with Gasteiger partial charge in [-0.05, 0) is 43.9 Å². The van der Waals surface area contributed by atoms with Gasteiger partial charge in [-0.2, -0.15) is 0 Å². The fourth-order valence-electron chi connectivity index (χ4n) is 2.61. The van der Waals surface area contributed by atoms with Gasteiger partial charge in [0.25, 0.3) is 0 Å². The molecule has 0 aliphatic heterocycles. The van der Waals surface area contributed by atoms with Crippen molar-refractivity contribution in [1.82, 2.24) is 0 Å². The second-order valence-electron chi connectivity index (χ2n) is 5.68. The molecule has 1 aromatic rings. The minimum atomic E-state index is 0.168. The van der Waals surface area contributed by atoms with Crippen LogP contribution in [0.1, 0.15) is 46.1 Å². The molecule has 0 saturated heterocycles. The SMILES string of the molecule is CCC(CC)CN(CC)c1cc(Cl)ccc1CC(C)N. The van der Waals surface area contributed by atoms with Gasteiger partial charge in [0, 0.05) is 29.8 Å². The van der Waals surface area contributed by atoms with Gasteiger partial charge in [-0.1, -0.05) is 44.4 Å². The molecule has 0 amide bonds. The first-order valence-electron chi connectivity index (χ1n) is 7.80. The maximum absolute atomic E-state index is 6.20. The summed E-state index contributed by atoms with van der Waals surface area (Å²) in [5, 5.41) is 0.802. The van der Waals surface area contributed by atoms with Crippen molar-refractivity contribution in [2.45, 2.75) is 53.0 Å². The van der Waals surface area contributed by atoms with Gasteiger partial charge in [0.2, 0.25) is 0 Å². The number of hydrogen-bond donors (Lipinski definition) is 1. The number of benzene rings is 1. The summed E-state index contributed by atoms with van der Waals surface area (Å²) in [4.78, 5) is 2.45. The van der Waals surface area contributed by atoms with Crippen molar-refractivity contribution in [2.75, 3.05) is 18.0 Å². The summed E-state index contributed by atoms with van der Waals surface area (Å²) in [6, 6.07) is 6.34. The Morgan fingerprint density at radius 3 is 2.35 bits per heavy atom. The number of nitrogens with two attached hydrogens (primary N) is 1. The molecule has 0 aliphatic rings. The number of hydrogen-bond acceptors (Lipinski definition) is 2. The lowest BCUT2D eigenvalue weighted by Gasteiger charge is -2.30. The van der Waals surface area contributed by atoms with Crippen LogP contribution in [0, 0.1) is 5.92 Å². The van der Waals surface area contributed by atoms with Crippen LogP contribution < -0.4 is 10.6 Å². The van der Waals surface area contributed by atoms with E-state index in [2.05, 4.69) is 44.7 Å². The van der Waals surface area contributed by atoms with Gasteiger partial charge >= 0.3 is 0 Å². The van der Waals surface area contributed by atoms with Crippen LogP contribution in [0.25, 0.3) is 0 Å². The largest absolute Gasteiger partial charge is 0.371 e. The van der Waals surface area contributed by atoms with Crippen LogP contribution in [0.3, 0.4) is 0 Å². The van der Waals surface area contributed by atoms with Gasteiger partial charge in [-0.15, -0.1) is 0 Å². The van der Waals surface area contributed by atoms with E-state index in [-0.39, 0.29) is 6.04 Å². The topological polar surface area (TPSA) is 29.3 Å². The van der Waals surface area contributed by atoms with Crippen LogP contribution in [0.4, 0.5) is 5.69 Å². The Kier molecular flexibility index (Phi) is 7.39. The zero-order chi connectivity index (χ0) is 15.1. The second-order valence-corrected chi connectivity index (χ2v) is 6.11. The standard InChI is InChI=1S/C17H29ClN2/c1-5-14(6-2)12-20(7-3)17-11-16(18)9-8-15(17)10-13(4)19/h8-9,11,13-14H,5-7,10,12,19H2,1-4H3. The zero-order valence-electron chi connectivity index (χ0n) is 13.3. The summed E-state index contributed by atoms with van der Waals surface area (Å²) < 4.78 is 0. The van der Waals surface area contributed by atoms with Gasteiger partial charge in [-0.25, -0.2) is 0 Å². The third-order valence-corrected chi connectivity index (χ3v) is 4.18. The first-order valence-corrected chi connectivity index (χ1v) is 8.18. The van der Waals surface area contributed by atoms with E-state index in [4.69, 9.17) is 17.3 Å². The molecule has 2 nitrogen and oxygen atoms in total. The van der Waals surface area contributed by atoms with Crippen molar-refractivity contribution in [2.24, 2.45) is 11.7 Å². The fourth-order valence-corrected chi connectivity index (χ4v) is 2.77. The monoisotopic (exact) mass is 296 g/mol. The molecule has 1 aromatic carbocycles. The van der Waals surface area contributed by atoms with E-state index in [0.717, 1.165) is 30.5 Å². The highest BCUT2D eigenvalue weighted by Gasteiger charge is 2.15. The van der Waals surface area contributed by atoms with Crippen LogP contribution in [-0.2, 0) is 6.42 Å². The second kappa shape index (κ2) is 8.53. The van der Waals surface area contributed by atoms with Crippen molar-refractivity contribution >= 4 is 17.3 Å². The summed E-state index contributed by atoms with van der Waals surface area (Å²) >= 11 is 6.20. The van der Waals surface area contributed by atoms with Crippen molar-refractivity contribution in [3.05, 3.63) is 28.8 Å². The molecule has 1 atom stereocenters. The normalized spacial score (nSPS) is 12.8. The first-order chi connectivity index (χ1) is 9.51. The van der Waals surface area contributed by atoms with Crippen molar-refractivity contribution < 1.29 is 0 Å². The van der Waals surface area contributed by atoms with Crippen molar-refractivity contribution in [1.29, 1.82) is 0 Å². The van der Waals surface area contributed by atoms with Crippen molar-refractivity contribution in [3.63, 3.8) is 0 Å². The molecule has 3 heteroatoms. The maximum Gasteiger partial charge on any atom is 0.0426 e. The summed E-state index contributed by atoms with van der Waals surface area (Å²) in [7, 11) is 0. The lowest BCUT2D eigenvalue weighted by atomic mass is 10.0. The molecule has 0 radical (unpaired) electrons. The molecule has 0 heterocycles. The Morgan fingerprint density at radius 1 is 1.20 bits per heavy atom. The van der Waals surface area contributed by atoms with Gasteiger partial charge < -0.3 is 10.6 Å². The number of halogens is 1. The third-order valence-electron chi connectivity index (χ3n) is 3.94. The van der Waals surface area contributed by atoms with Crippen LogP contribution in [-0.4, -0.2) is 19.1 Å². The number of nitrogens with zero attached hydrogens (tertiary/aromatic N) is 1. The van der Waals surface area contributed by atoms with Gasteiger partial charge in [-0.3, -0.25) is 0 Å². The smallest absolute Gasteiger partial charge is 0.0426 e. The van der Waals surface area contributed by atoms with E-state index < -0.39 is 0 Å². The minimum absolute atomic E-state index is 0.168. The molecule has 0 aromatic heterocycles. The Bertz CT molecular complexity index is 400. The molecular weight excluding hydrogens is 268 g/mol. The Hall–Kier alpha value is -0.730. The molecule has 0 saturated carbocycles. The van der Waals surface area contributed by atoms with Gasteiger partial charge in [0.05, 0.1) is 0 Å². The highest BCUT2D eigenvalue weighted by Crippen LogP contribution is 2.27. The molecule has 1 unspecified atom stereocenters. The van der Waals surface area contributed by atoms with Crippen LogP contribution in [0.15, 0.2) is 18.2 Å². The maximum atomic E-state index is 6.20. The Morgan fingerprint density at radius 2 is 1.85 bits per heavy atom. The van der Waals surface area contributed by atoms with Crippen LogP contribution in [0.2, 0.25) is 5.02 Å². The number of anilines is 1. The Balaban J connectivity index is 3.02. The molecule has 114 valence electrons. The van der Waals surface area contributed by atoms with E-state index in [1.54, 1.807) is 0 Å². The van der Waals surface area contributed by atoms with Crippen LogP contribution >= 0.6 is 11.6 Å². The van der Waals surface area contributed by atoms with E-state index in [9.17, 15) is 0 Å². The summed E-state index contributed by atoms with van der Waals surface area (Å²) in [6.45, 7) is 10.9. The molecule has 0 spiro atoms. The zero-order valence-corrected chi connectivity index (χ0v) is 14.1. The quantitative estimate of drug-likeness (QED) is 0.766. The summed E-state index contributed by atoms with van der Waals surface area (Å²) in [6.07, 6.45) is 3.33. The first kappa shape index (κ1) is 17.3. The molecule has 1 rings (SSSR count). The molecule has 0 aliphatic carbocycles. The summed E-state index contributed by atoms with van der Waals surface area (Å²) in [5.74, 6) is 0.733.